The third-order valence-electron chi connectivity index (χ3n) is 2.56. The molecule has 0 aliphatic rings. The van der Waals surface area contributed by atoms with Gasteiger partial charge in [0, 0.05) is 11.6 Å². The minimum absolute atomic E-state index is 0.405. The number of fused-ring (bicyclic) bond motifs is 1. The van der Waals surface area contributed by atoms with E-state index in [-0.39, 0.29) is 0 Å². The molecule has 0 unspecified atom stereocenters. The Bertz CT molecular complexity index is 610. The number of aromatic nitrogens is 1. The molecule has 0 saturated heterocycles. The summed E-state index contributed by atoms with van der Waals surface area (Å²) in [6.07, 6.45) is 1.61. The van der Waals surface area contributed by atoms with Gasteiger partial charge in [-0.3, -0.25) is 4.98 Å². The van der Waals surface area contributed by atoms with Gasteiger partial charge in [0.25, 0.3) is 0 Å². The number of halogens is 1. The summed E-state index contributed by atoms with van der Waals surface area (Å²) in [5.74, 6) is -0.635. The van der Waals surface area contributed by atoms with Gasteiger partial charge in [-0.1, -0.05) is 11.6 Å². The van der Waals surface area contributed by atoms with Gasteiger partial charge in [-0.05, 0) is 38.1 Å². The van der Waals surface area contributed by atoms with E-state index in [0.717, 1.165) is 5.39 Å². The fraction of sp³-hybridized carbons (Fsp3) is 0.231. The zero-order valence-electron chi connectivity index (χ0n) is 9.98. The number of carboxylic acids is 1. The Kier molecular flexibility index (Phi) is 3.13. The summed E-state index contributed by atoms with van der Waals surface area (Å²) >= 11 is 6.05. The minimum Gasteiger partial charge on any atom is -0.478 e. The van der Waals surface area contributed by atoms with Gasteiger partial charge in [0.2, 0.25) is 0 Å². The van der Waals surface area contributed by atoms with E-state index in [4.69, 9.17) is 21.4 Å². The van der Waals surface area contributed by atoms with Crippen molar-refractivity contribution in [2.45, 2.75) is 19.4 Å². The smallest absolute Gasteiger partial charge is 0.347 e. The van der Waals surface area contributed by atoms with Crippen LogP contribution in [0.5, 0.6) is 5.75 Å². The van der Waals surface area contributed by atoms with E-state index in [1.54, 1.807) is 24.4 Å². The van der Waals surface area contributed by atoms with Crippen LogP contribution in [0.1, 0.15) is 13.8 Å². The van der Waals surface area contributed by atoms with Crippen LogP contribution in [-0.2, 0) is 4.79 Å². The molecule has 0 spiro atoms. The molecule has 1 N–H and O–H groups in total. The number of ether oxygens (including phenoxy) is 1. The first-order valence-corrected chi connectivity index (χ1v) is 5.75. The third kappa shape index (κ3) is 2.24. The number of benzene rings is 1. The van der Waals surface area contributed by atoms with Gasteiger partial charge in [0.15, 0.2) is 5.60 Å². The number of aliphatic carboxylic acids is 1. The number of pyridine rings is 1. The zero-order valence-corrected chi connectivity index (χ0v) is 10.7. The van der Waals surface area contributed by atoms with Gasteiger partial charge in [0.1, 0.15) is 11.3 Å². The molecule has 0 aliphatic carbocycles. The molecule has 4 nitrogen and oxygen atoms in total. The number of carbonyl (C=O) groups is 1. The van der Waals surface area contributed by atoms with E-state index >= 15 is 0 Å². The Morgan fingerprint density at radius 3 is 2.78 bits per heavy atom. The monoisotopic (exact) mass is 265 g/mol. The average Bonchev–Trinajstić information content (AvgIpc) is 2.33. The highest BCUT2D eigenvalue weighted by molar-refractivity contribution is 6.35. The quantitative estimate of drug-likeness (QED) is 0.926. The number of hydrogen-bond acceptors (Lipinski definition) is 3. The number of rotatable bonds is 3. The molecule has 0 radical (unpaired) electrons. The molecule has 0 bridgehead atoms. The number of carboxylic acid groups (broad SMARTS) is 1. The highest BCUT2D eigenvalue weighted by Gasteiger charge is 2.30. The van der Waals surface area contributed by atoms with Crippen LogP contribution in [0.3, 0.4) is 0 Å². The van der Waals surface area contributed by atoms with Crippen LogP contribution in [0.15, 0.2) is 30.5 Å². The molecule has 1 aromatic carbocycles. The van der Waals surface area contributed by atoms with E-state index < -0.39 is 11.6 Å². The highest BCUT2D eigenvalue weighted by Crippen LogP contribution is 2.31. The van der Waals surface area contributed by atoms with Crippen molar-refractivity contribution in [1.82, 2.24) is 4.98 Å². The summed E-state index contributed by atoms with van der Waals surface area (Å²) in [6.45, 7) is 2.97. The van der Waals surface area contributed by atoms with E-state index in [1.807, 2.05) is 6.07 Å². The van der Waals surface area contributed by atoms with Crippen LogP contribution in [0.2, 0.25) is 5.02 Å². The molecule has 1 aromatic heterocycles. The molecule has 1 heterocycles. The second kappa shape index (κ2) is 4.46. The predicted octanol–water partition coefficient (Wildman–Crippen LogP) is 3.13. The van der Waals surface area contributed by atoms with E-state index in [0.29, 0.717) is 16.3 Å². The van der Waals surface area contributed by atoms with E-state index in [2.05, 4.69) is 4.98 Å². The van der Waals surface area contributed by atoms with E-state index in [9.17, 15) is 4.79 Å². The molecule has 2 rings (SSSR count). The van der Waals surface area contributed by atoms with Crippen LogP contribution in [0, 0.1) is 0 Å². The molecule has 0 fully saturated rings. The summed E-state index contributed by atoms with van der Waals surface area (Å²) in [5, 5.41) is 10.3. The third-order valence-corrected chi connectivity index (χ3v) is 2.89. The SMILES string of the molecule is CC(C)(Oc1ccc(Cl)c2cccnc12)C(=O)O. The Labute approximate surface area is 109 Å². The second-order valence-corrected chi connectivity index (χ2v) is 4.77. The fourth-order valence-electron chi connectivity index (χ4n) is 1.51. The van der Waals surface area contributed by atoms with Crippen molar-refractivity contribution in [3.05, 3.63) is 35.5 Å². The molecule has 0 aliphatic heterocycles. The maximum Gasteiger partial charge on any atom is 0.347 e. The molecule has 2 aromatic rings. The summed E-state index contributed by atoms with van der Waals surface area (Å²) in [4.78, 5) is 15.2. The first-order valence-electron chi connectivity index (χ1n) is 5.37. The van der Waals surface area contributed by atoms with Crippen molar-refractivity contribution in [3.63, 3.8) is 0 Å². The Morgan fingerprint density at radius 2 is 2.11 bits per heavy atom. The maximum atomic E-state index is 11.1. The first-order chi connectivity index (χ1) is 8.42. The van der Waals surface area contributed by atoms with Gasteiger partial charge in [-0.2, -0.15) is 0 Å². The van der Waals surface area contributed by atoms with Crippen LogP contribution in [0.25, 0.3) is 10.9 Å². The molecule has 0 amide bonds. The lowest BCUT2D eigenvalue weighted by Crippen LogP contribution is -2.37. The van der Waals surface area contributed by atoms with Crippen molar-refractivity contribution in [3.8, 4) is 5.75 Å². The Balaban J connectivity index is 2.53. The van der Waals surface area contributed by atoms with Gasteiger partial charge in [0.05, 0.1) is 5.02 Å². The highest BCUT2D eigenvalue weighted by atomic mass is 35.5. The number of hydrogen-bond donors (Lipinski definition) is 1. The van der Waals surface area contributed by atoms with Gasteiger partial charge < -0.3 is 9.84 Å². The van der Waals surface area contributed by atoms with Crippen molar-refractivity contribution in [2.24, 2.45) is 0 Å². The molecule has 0 saturated carbocycles. The fourth-order valence-corrected chi connectivity index (χ4v) is 1.73. The van der Waals surface area contributed by atoms with Crippen molar-refractivity contribution in [2.75, 3.05) is 0 Å². The van der Waals surface area contributed by atoms with Crippen molar-refractivity contribution < 1.29 is 14.6 Å². The molecule has 94 valence electrons. The second-order valence-electron chi connectivity index (χ2n) is 4.36. The first kappa shape index (κ1) is 12.6. The van der Waals surface area contributed by atoms with E-state index in [1.165, 1.54) is 13.8 Å². The molecule has 18 heavy (non-hydrogen) atoms. The topological polar surface area (TPSA) is 59.4 Å². The molecule has 5 heteroatoms. The van der Waals surface area contributed by atoms with Crippen molar-refractivity contribution >= 4 is 28.5 Å². The Morgan fingerprint density at radius 1 is 1.39 bits per heavy atom. The van der Waals surface area contributed by atoms with Crippen LogP contribution in [-0.4, -0.2) is 21.7 Å². The number of nitrogens with zero attached hydrogens (tertiary/aromatic N) is 1. The summed E-state index contributed by atoms with van der Waals surface area (Å²) in [6, 6.07) is 6.87. The van der Waals surface area contributed by atoms with Crippen LogP contribution in [0.4, 0.5) is 0 Å². The summed E-state index contributed by atoms with van der Waals surface area (Å²) in [7, 11) is 0. The average molecular weight is 266 g/mol. The van der Waals surface area contributed by atoms with Gasteiger partial charge in [-0.15, -0.1) is 0 Å². The maximum absolute atomic E-state index is 11.1. The predicted molar refractivity (Wildman–Crippen MR) is 69.1 cm³/mol. The van der Waals surface area contributed by atoms with Crippen LogP contribution < -0.4 is 4.74 Å². The largest absolute Gasteiger partial charge is 0.478 e. The zero-order chi connectivity index (χ0) is 13.3. The lowest BCUT2D eigenvalue weighted by atomic mass is 10.1. The normalized spacial score (nSPS) is 11.5. The van der Waals surface area contributed by atoms with Gasteiger partial charge in [-0.25, -0.2) is 4.79 Å². The molecular formula is C13H12ClNO3. The Hall–Kier alpha value is -1.81. The summed E-state index contributed by atoms with van der Waals surface area (Å²) in [5.41, 5.74) is -0.766. The van der Waals surface area contributed by atoms with Gasteiger partial charge >= 0.3 is 5.97 Å². The van der Waals surface area contributed by atoms with Crippen molar-refractivity contribution in [1.29, 1.82) is 0 Å². The minimum atomic E-state index is -1.32. The summed E-state index contributed by atoms with van der Waals surface area (Å²) < 4.78 is 5.51. The molecule has 0 atom stereocenters. The standard InChI is InChI=1S/C13H12ClNO3/c1-13(2,12(16)17)18-10-6-5-9(14)8-4-3-7-15-11(8)10/h3-7H,1-2H3,(H,16,17). The molecular weight excluding hydrogens is 254 g/mol. The van der Waals surface area contributed by atoms with Crippen LogP contribution >= 0.6 is 11.6 Å². The lowest BCUT2D eigenvalue weighted by Gasteiger charge is -2.22. The lowest BCUT2D eigenvalue weighted by molar-refractivity contribution is -0.152.